The Labute approximate surface area is 198 Å². The Morgan fingerprint density at radius 3 is 1.86 bits per heavy atom. The first-order valence-corrected chi connectivity index (χ1v) is 14.0. The lowest BCUT2D eigenvalue weighted by atomic mass is 10.0. The number of hydrogen-bond acceptors (Lipinski definition) is 2. The molecule has 0 spiro atoms. The maximum atomic E-state index is 11.8. The van der Waals surface area contributed by atoms with E-state index in [2.05, 4.69) is 44.1 Å². The Hall–Kier alpha value is 0.390. The van der Waals surface area contributed by atoms with Gasteiger partial charge in [0.15, 0.2) is 0 Å². The summed E-state index contributed by atoms with van der Waals surface area (Å²) >= 11 is 7.75. The summed E-state index contributed by atoms with van der Waals surface area (Å²) in [7, 11) is 0. The number of hydrogen-bond donors (Lipinski definition) is 1. The van der Waals surface area contributed by atoms with Crippen molar-refractivity contribution in [1.82, 2.24) is 5.32 Å². The maximum absolute atomic E-state index is 11.8. The van der Waals surface area contributed by atoms with E-state index < -0.39 is 0 Å². The molecule has 0 aromatic carbocycles. The molecule has 0 heterocycles. The first-order chi connectivity index (χ1) is 14.0. The highest BCUT2D eigenvalue weighted by atomic mass is 79.9. The molecule has 0 aliphatic rings. The number of carbonyl (C=O) groups excluding carboxylic acids is 1. The van der Waals surface area contributed by atoms with Gasteiger partial charge in [-0.15, -0.1) is 0 Å². The van der Waals surface area contributed by atoms with Gasteiger partial charge in [0.25, 0.3) is 0 Å². The highest BCUT2D eigenvalue weighted by Crippen LogP contribution is 2.25. The van der Waals surface area contributed by atoms with Crippen molar-refractivity contribution in [2.45, 2.75) is 133 Å². The van der Waals surface area contributed by atoms with Gasteiger partial charge in [0.05, 0.1) is 6.10 Å². The lowest BCUT2D eigenvalue weighted by Gasteiger charge is -2.16. The van der Waals surface area contributed by atoms with Crippen molar-refractivity contribution in [2.24, 2.45) is 0 Å². The minimum Gasteiger partial charge on any atom is -0.379 e. The predicted molar refractivity (Wildman–Crippen MR) is 134 cm³/mol. The highest BCUT2D eigenvalue weighted by molar-refractivity contribution is 9.12. The second kappa shape index (κ2) is 21.6. The zero-order chi connectivity index (χ0) is 21.7. The van der Waals surface area contributed by atoms with E-state index in [1.165, 1.54) is 70.6 Å². The monoisotopic (exact) mass is 539 g/mol. The van der Waals surface area contributed by atoms with Crippen LogP contribution in [-0.4, -0.2) is 34.8 Å². The third kappa shape index (κ3) is 21.4. The molecule has 3 nitrogen and oxygen atoms in total. The topological polar surface area (TPSA) is 38.3 Å². The molecule has 0 bridgehead atoms. The van der Waals surface area contributed by atoms with Gasteiger partial charge in [-0.25, -0.2) is 0 Å². The van der Waals surface area contributed by atoms with Crippen LogP contribution in [-0.2, 0) is 9.53 Å². The molecular weight excluding hydrogens is 494 g/mol. The van der Waals surface area contributed by atoms with Crippen LogP contribution in [0.3, 0.4) is 0 Å². The Kier molecular flexibility index (Phi) is 21.9. The molecule has 0 aromatic heterocycles. The van der Waals surface area contributed by atoms with E-state index in [1.807, 2.05) is 13.8 Å². The van der Waals surface area contributed by atoms with Crippen LogP contribution >= 0.6 is 31.9 Å². The number of rotatable bonds is 21. The van der Waals surface area contributed by atoms with E-state index in [9.17, 15) is 4.79 Å². The van der Waals surface area contributed by atoms with Crippen molar-refractivity contribution >= 4 is 37.8 Å². The summed E-state index contributed by atoms with van der Waals surface area (Å²) in [4.78, 5) is 13.0. The summed E-state index contributed by atoms with van der Waals surface area (Å²) < 4.78 is 5.47. The lowest BCUT2D eigenvalue weighted by Crippen LogP contribution is -2.25. The highest BCUT2D eigenvalue weighted by Gasteiger charge is 2.14. The van der Waals surface area contributed by atoms with Crippen LogP contribution in [0.2, 0.25) is 0 Å². The molecule has 5 heteroatoms. The van der Waals surface area contributed by atoms with Crippen molar-refractivity contribution < 1.29 is 9.53 Å². The van der Waals surface area contributed by atoms with Gasteiger partial charge in [0.2, 0.25) is 5.91 Å². The molecule has 0 rings (SSSR count). The van der Waals surface area contributed by atoms with Gasteiger partial charge in [0.1, 0.15) is 0 Å². The number of nitrogens with one attached hydrogen (secondary N) is 1. The molecule has 0 aliphatic heterocycles. The fourth-order valence-electron chi connectivity index (χ4n) is 3.34. The summed E-state index contributed by atoms with van der Waals surface area (Å²) in [6.07, 6.45) is 18.5. The number of halogens is 2. The van der Waals surface area contributed by atoms with Crippen molar-refractivity contribution in [2.75, 3.05) is 13.2 Å². The zero-order valence-corrected chi connectivity index (χ0v) is 22.5. The Bertz CT molecular complexity index is 367. The molecule has 0 unspecified atom stereocenters. The smallest absolute Gasteiger partial charge is 0.219 e. The minimum atomic E-state index is 0.187. The second-order valence-electron chi connectivity index (χ2n) is 8.52. The van der Waals surface area contributed by atoms with Crippen LogP contribution in [0.4, 0.5) is 0 Å². The number of ether oxygens (including phenoxy) is 1. The summed E-state index contributed by atoms with van der Waals surface area (Å²) in [6.45, 7) is 7.79. The number of unbranched alkanes of at least 4 members (excludes halogenated alkanes) is 9. The molecule has 1 amide bonds. The van der Waals surface area contributed by atoms with Gasteiger partial charge in [0, 0.05) is 29.2 Å². The van der Waals surface area contributed by atoms with Crippen molar-refractivity contribution in [3.8, 4) is 0 Å². The Morgan fingerprint density at radius 1 is 0.793 bits per heavy atom. The Balaban J connectivity index is 3.42. The number of carbonyl (C=O) groups is 1. The first kappa shape index (κ1) is 29.4. The van der Waals surface area contributed by atoms with Crippen LogP contribution in [0.1, 0.15) is 117 Å². The van der Waals surface area contributed by atoms with Gasteiger partial charge < -0.3 is 10.1 Å². The summed E-state index contributed by atoms with van der Waals surface area (Å²) in [5.74, 6) is 0.187. The molecule has 174 valence electrons. The molecule has 0 saturated heterocycles. The molecule has 2 atom stereocenters. The number of alkyl halides is 2. The van der Waals surface area contributed by atoms with Crippen LogP contribution < -0.4 is 5.32 Å². The molecule has 0 aromatic rings. The van der Waals surface area contributed by atoms with E-state index in [4.69, 9.17) is 4.74 Å². The van der Waals surface area contributed by atoms with Crippen molar-refractivity contribution in [3.63, 3.8) is 0 Å². The van der Waals surface area contributed by atoms with Gasteiger partial charge in [-0.3, -0.25) is 4.79 Å². The van der Waals surface area contributed by atoms with Crippen LogP contribution in [0.15, 0.2) is 0 Å². The predicted octanol–water partition coefficient (Wildman–Crippen LogP) is 7.93. The van der Waals surface area contributed by atoms with Gasteiger partial charge >= 0.3 is 0 Å². The molecular formula is C24H47Br2NO2. The van der Waals surface area contributed by atoms with Gasteiger partial charge in [-0.1, -0.05) is 103 Å². The summed E-state index contributed by atoms with van der Waals surface area (Å²) in [5, 5.41) is 2.99. The van der Waals surface area contributed by atoms with Crippen molar-refractivity contribution in [1.29, 1.82) is 0 Å². The third-order valence-corrected chi connectivity index (χ3v) is 8.11. The quantitative estimate of drug-likeness (QED) is 0.118. The zero-order valence-electron chi connectivity index (χ0n) is 19.3. The van der Waals surface area contributed by atoms with E-state index in [1.54, 1.807) is 0 Å². The summed E-state index contributed by atoms with van der Waals surface area (Å²) in [5.41, 5.74) is 0. The van der Waals surface area contributed by atoms with Gasteiger partial charge in [-0.2, -0.15) is 0 Å². The van der Waals surface area contributed by atoms with Crippen molar-refractivity contribution in [3.05, 3.63) is 0 Å². The largest absolute Gasteiger partial charge is 0.379 e. The SMILES string of the molecule is CCCCCCCC[C@@H](Br)[C@@H](Br)CCCCCCCC(=O)NCCCOC(C)C. The molecule has 1 N–H and O–H groups in total. The van der Waals surface area contributed by atoms with Crippen LogP contribution in [0.5, 0.6) is 0 Å². The second-order valence-corrected chi connectivity index (χ2v) is 10.9. The number of amides is 1. The van der Waals surface area contributed by atoms with E-state index >= 15 is 0 Å². The van der Waals surface area contributed by atoms with E-state index in [0.29, 0.717) is 16.1 Å². The van der Waals surface area contributed by atoms with Crippen LogP contribution in [0.25, 0.3) is 0 Å². The normalized spacial score (nSPS) is 13.6. The molecule has 0 fully saturated rings. The average Bonchev–Trinajstić information content (AvgIpc) is 2.68. The van der Waals surface area contributed by atoms with E-state index in [-0.39, 0.29) is 12.0 Å². The van der Waals surface area contributed by atoms with E-state index in [0.717, 1.165) is 32.4 Å². The minimum absolute atomic E-state index is 0.187. The molecule has 0 saturated carbocycles. The fraction of sp³-hybridized carbons (Fsp3) is 0.958. The summed E-state index contributed by atoms with van der Waals surface area (Å²) in [6, 6.07) is 0. The first-order valence-electron chi connectivity index (χ1n) is 12.1. The fourth-order valence-corrected chi connectivity index (χ4v) is 4.52. The standard InChI is InChI=1S/C24H47Br2NO2/c1-4-5-6-7-9-12-16-22(25)23(26)17-13-10-8-11-14-18-24(28)27-19-15-20-29-21(2)3/h21-23H,4-20H2,1-3H3,(H,27,28)/t22-,23+/m1/s1. The molecule has 29 heavy (non-hydrogen) atoms. The van der Waals surface area contributed by atoms with Gasteiger partial charge in [-0.05, 0) is 39.5 Å². The maximum Gasteiger partial charge on any atom is 0.219 e. The molecule has 0 aliphatic carbocycles. The average molecular weight is 541 g/mol. The van der Waals surface area contributed by atoms with Crippen LogP contribution in [0, 0.1) is 0 Å². The lowest BCUT2D eigenvalue weighted by molar-refractivity contribution is -0.121. The third-order valence-electron chi connectivity index (χ3n) is 5.20. The Morgan fingerprint density at radius 2 is 1.31 bits per heavy atom. The molecule has 0 radical (unpaired) electrons.